The van der Waals surface area contributed by atoms with Gasteiger partial charge in [0.1, 0.15) is 11.4 Å². The van der Waals surface area contributed by atoms with Gasteiger partial charge in [-0.2, -0.15) is 0 Å². The van der Waals surface area contributed by atoms with Gasteiger partial charge >= 0.3 is 0 Å². The fourth-order valence-electron chi connectivity index (χ4n) is 2.32. The van der Waals surface area contributed by atoms with Crippen LogP contribution in [0.5, 0.6) is 0 Å². The van der Waals surface area contributed by atoms with Gasteiger partial charge in [-0.25, -0.2) is 4.98 Å². The molecule has 0 aromatic carbocycles. The van der Waals surface area contributed by atoms with Gasteiger partial charge in [-0.1, -0.05) is 16.8 Å². The van der Waals surface area contributed by atoms with Crippen molar-refractivity contribution < 1.29 is 9.32 Å². The van der Waals surface area contributed by atoms with E-state index in [0.29, 0.717) is 23.2 Å². The predicted molar refractivity (Wildman–Crippen MR) is 79.9 cm³/mol. The van der Waals surface area contributed by atoms with Gasteiger partial charge in [0.2, 0.25) is 0 Å². The molecule has 0 bridgehead atoms. The van der Waals surface area contributed by atoms with Crippen LogP contribution < -0.4 is 5.32 Å². The Morgan fingerprint density at radius 2 is 2.27 bits per heavy atom. The van der Waals surface area contributed by atoms with Gasteiger partial charge in [0.05, 0.1) is 17.3 Å². The Balaban J connectivity index is 1.44. The van der Waals surface area contributed by atoms with Gasteiger partial charge in [-0.3, -0.25) is 4.79 Å². The summed E-state index contributed by atoms with van der Waals surface area (Å²) in [6, 6.07) is 5.32. The first-order valence-corrected chi connectivity index (χ1v) is 7.45. The van der Waals surface area contributed by atoms with E-state index < -0.39 is 0 Å². The summed E-state index contributed by atoms with van der Waals surface area (Å²) in [5, 5.41) is 7.24. The summed E-state index contributed by atoms with van der Waals surface area (Å²) in [6.07, 6.45) is 5.83. The highest BCUT2D eigenvalue weighted by molar-refractivity contribution is 6.30. The van der Waals surface area contributed by atoms with Crippen LogP contribution in [0.4, 0.5) is 0 Å². The van der Waals surface area contributed by atoms with E-state index in [1.54, 1.807) is 18.3 Å². The van der Waals surface area contributed by atoms with Crippen molar-refractivity contribution in [1.29, 1.82) is 0 Å². The second kappa shape index (κ2) is 5.14. The molecule has 7 heteroatoms. The molecule has 22 heavy (non-hydrogen) atoms. The maximum absolute atomic E-state index is 12.1. The number of carbonyl (C=O) groups excluding carboxylic acids is 1. The smallest absolute Gasteiger partial charge is 0.273 e. The van der Waals surface area contributed by atoms with Gasteiger partial charge in [-0.15, -0.1) is 0 Å². The quantitative estimate of drug-likeness (QED) is 0.803. The van der Waals surface area contributed by atoms with Crippen LogP contribution in [-0.2, 0) is 6.54 Å². The van der Waals surface area contributed by atoms with E-state index in [1.807, 2.05) is 16.7 Å². The lowest BCUT2D eigenvalue weighted by molar-refractivity contribution is 0.0941. The molecule has 0 saturated heterocycles. The minimum absolute atomic E-state index is 0.259. The van der Waals surface area contributed by atoms with Gasteiger partial charge in [0.15, 0.2) is 5.69 Å². The Kier molecular flexibility index (Phi) is 3.11. The van der Waals surface area contributed by atoms with Crippen LogP contribution in [0.2, 0.25) is 5.02 Å². The normalized spacial score (nSPS) is 14.4. The first-order valence-electron chi connectivity index (χ1n) is 7.07. The van der Waals surface area contributed by atoms with Crippen LogP contribution in [-0.4, -0.2) is 20.4 Å². The molecule has 1 N–H and O–H groups in total. The summed E-state index contributed by atoms with van der Waals surface area (Å²) in [6.45, 7) is 0.323. The molecule has 1 aliphatic rings. The summed E-state index contributed by atoms with van der Waals surface area (Å²) in [4.78, 5) is 16.5. The second-order valence-electron chi connectivity index (χ2n) is 5.42. The van der Waals surface area contributed by atoms with Crippen LogP contribution in [0.3, 0.4) is 0 Å². The van der Waals surface area contributed by atoms with Crippen molar-refractivity contribution in [1.82, 2.24) is 19.9 Å². The molecule has 6 nitrogen and oxygen atoms in total. The zero-order chi connectivity index (χ0) is 15.1. The van der Waals surface area contributed by atoms with Gasteiger partial charge < -0.3 is 14.2 Å². The molecule has 0 aliphatic heterocycles. The number of aromatic nitrogens is 3. The van der Waals surface area contributed by atoms with Crippen molar-refractivity contribution in [3.63, 3.8) is 0 Å². The lowest BCUT2D eigenvalue weighted by Gasteiger charge is -1.98. The monoisotopic (exact) mass is 316 g/mol. The molecule has 112 valence electrons. The molecule has 4 rings (SSSR count). The molecule has 1 aliphatic carbocycles. The first kappa shape index (κ1) is 13.3. The molecule has 3 aromatic rings. The summed E-state index contributed by atoms with van der Waals surface area (Å²) < 4.78 is 7.00. The molecule has 3 heterocycles. The van der Waals surface area contributed by atoms with E-state index in [9.17, 15) is 4.79 Å². The SMILES string of the molecule is O=C(NCc1cn2cc(Cl)ccc2n1)c1cc(C2CC2)on1. The summed E-state index contributed by atoms with van der Waals surface area (Å²) in [7, 11) is 0. The van der Waals surface area contributed by atoms with Gasteiger partial charge in [-0.05, 0) is 25.0 Å². The maximum Gasteiger partial charge on any atom is 0.273 e. The Hall–Kier alpha value is -2.34. The lowest BCUT2D eigenvalue weighted by Crippen LogP contribution is -2.23. The van der Waals surface area contributed by atoms with Crippen LogP contribution in [0.1, 0.15) is 40.7 Å². The predicted octanol–water partition coefficient (Wildman–Crippen LogP) is 2.78. The zero-order valence-corrected chi connectivity index (χ0v) is 12.4. The number of nitrogens with zero attached hydrogens (tertiary/aromatic N) is 3. The summed E-state index contributed by atoms with van der Waals surface area (Å²) in [5.74, 6) is 0.982. The number of rotatable bonds is 4. The number of imidazole rings is 1. The number of pyridine rings is 1. The minimum atomic E-state index is -0.259. The molecule has 1 fully saturated rings. The fourth-order valence-corrected chi connectivity index (χ4v) is 2.49. The summed E-state index contributed by atoms with van der Waals surface area (Å²) in [5.41, 5.74) is 1.85. The van der Waals surface area contributed by atoms with Crippen molar-refractivity contribution in [3.8, 4) is 0 Å². The highest BCUT2D eigenvalue weighted by Crippen LogP contribution is 2.40. The van der Waals surface area contributed by atoms with Crippen LogP contribution >= 0.6 is 11.6 Å². The largest absolute Gasteiger partial charge is 0.360 e. The Bertz CT molecular complexity index is 850. The summed E-state index contributed by atoms with van der Waals surface area (Å²) >= 11 is 5.93. The minimum Gasteiger partial charge on any atom is -0.360 e. The molecular weight excluding hydrogens is 304 g/mol. The molecule has 1 saturated carbocycles. The zero-order valence-electron chi connectivity index (χ0n) is 11.6. The van der Waals surface area contributed by atoms with Crippen LogP contribution in [0, 0.1) is 0 Å². The highest BCUT2D eigenvalue weighted by atomic mass is 35.5. The molecule has 0 atom stereocenters. The third kappa shape index (κ3) is 2.57. The Morgan fingerprint density at radius 3 is 3.09 bits per heavy atom. The standard InChI is InChI=1S/C15H13ClN4O2/c16-10-3-4-14-18-11(8-20(14)7-10)6-17-15(21)12-5-13(22-19-12)9-1-2-9/h3-5,7-9H,1-2,6H2,(H,17,21). The first-order chi connectivity index (χ1) is 10.7. The Morgan fingerprint density at radius 1 is 1.41 bits per heavy atom. The number of hydrogen-bond acceptors (Lipinski definition) is 4. The Labute approximate surface area is 131 Å². The van der Waals surface area contributed by atoms with Crippen molar-refractivity contribution in [2.24, 2.45) is 0 Å². The van der Waals surface area contributed by atoms with E-state index in [0.717, 1.165) is 29.9 Å². The highest BCUT2D eigenvalue weighted by Gasteiger charge is 2.28. The van der Waals surface area contributed by atoms with Crippen molar-refractivity contribution >= 4 is 23.2 Å². The number of fused-ring (bicyclic) bond motifs is 1. The third-order valence-corrected chi connectivity index (χ3v) is 3.86. The van der Waals surface area contributed by atoms with E-state index in [4.69, 9.17) is 16.1 Å². The number of carbonyl (C=O) groups is 1. The number of nitrogens with one attached hydrogen (secondary N) is 1. The number of amides is 1. The number of hydrogen-bond donors (Lipinski definition) is 1. The second-order valence-corrected chi connectivity index (χ2v) is 5.85. The van der Waals surface area contributed by atoms with Gasteiger partial charge in [0.25, 0.3) is 5.91 Å². The van der Waals surface area contributed by atoms with E-state index >= 15 is 0 Å². The molecule has 0 radical (unpaired) electrons. The number of halogens is 1. The van der Waals surface area contributed by atoms with E-state index in [1.165, 1.54) is 0 Å². The maximum atomic E-state index is 12.1. The van der Waals surface area contributed by atoms with Crippen molar-refractivity contribution in [2.45, 2.75) is 25.3 Å². The van der Waals surface area contributed by atoms with Crippen LogP contribution in [0.25, 0.3) is 5.65 Å². The molecule has 1 amide bonds. The fraction of sp³-hybridized carbons (Fsp3) is 0.267. The van der Waals surface area contributed by atoms with Crippen LogP contribution in [0.15, 0.2) is 35.1 Å². The molecule has 0 unspecified atom stereocenters. The molecule has 3 aromatic heterocycles. The van der Waals surface area contributed by atoms with Crippen molar-refractivity contribution in [2.75, 3.05) is 0 Å². The molecular formula is C15H13ClN4O2. The average Bonchev–Trinajstić information content (AvgIpc) is 3.10. The van der Waals surface area contributed by atoms with Crippen molar-refractivity contribution in [3.05, 3.63) is 52.8 Å². The third-order valence-electron chi connectivity index (χ3n) is 3.64. The topological polar surface area (TPSA) is 72.4 Å². The lowest BCUT2D eigenvalue weighted by atomic mass is 10.3. The van der Waals surface area contributed by atoms with E-state index in [-0.39, 0.29) is 5.91 Å². The van der Waals surface area contributed by atoms with Gasteiger partial charge in [0, 0.05) is 24.4 Å². The van der Waals surface area contributed by atoms with E-state index in [2.05, 4.69) is 15.5 Å². The average molecular weight is 317 g/mol. The molecule has 0 spiro atoms.